The summed E-state index contributed by atoms with van der Waals surface area (Å²) in [6, 6.07) is 61.4. The highest BCUT2D eigenvalue weighted by atomic mass is 16.3. The maximum absolute atomic E-state index is 6.93. The monoisotopic (exact) mass is 667 g/mol. The van der Waals surface area contributed by atoms with Crippen LogP contribution in [0.1, 0.15) is 0 Å². The van der Waals surface area contributed by atoms with Gasteiger partial charge in [-0.15, -0.1) is 0 Å². The van der Waals surface area contributed by atoms with E-state index in [0.717, 1.165) is 105 Å². The summed E-state index contributed by atoms with van der Waals surface area (Å²) in [5.41, 5.74) is 12.7. The topological polar surface area (TPSA) is 42.7 Å². The van der Waals surface area contributed by atoms with Gasteiger partial charge in [0.25, 0.3) is 0 Å². The number of fused-ring (bicyclic) bond motifs is 9. The van der Waals surface area contributed by atoms with Crippen molar-refractivity contribution in [2.75, 3.05) is 4.90 Å². The number of furan rings is 3. The summed E-state index contributed by atoms with van der Waals surface area (Å²) in [6.07, 6.45) is 0. The third-order valence-electron chi connectivity index (χ3n) is 10.3. The van der Waals surface area contributed by atoms with Crippen LogP contribution in [0.2, 0.25) is 0 Å². The van der Waals surface area contributed by atoms with Gasteiger partial charge >= 0.3 is 0 Å². The number of nitrogens with zero attached hydrogens (tertiary/aromatic N) is 1. The molecule has 0 amide bonds. The van der Waals surface area contributed by atoms with E-state index < -0.39 is 0 Å². The van der Waals surface area contributed by atoms with E-state index in [4.69, 9.17) is 13.3 Å². The van der Waals surface area contributed by atoms with Crippen molar-refractivity contribution in [2.24, 2.45) is 0 Å². The number of rotatable bonds is 5. The molecule has 11 aromatic rings. The zero-order valence-corrected chi connectivity index (χ0v) is 27.9. The maximum atomic E-state index is 6.93. The zero-order chi connectivity index (χ0) is 34.2. The van der Waals surface area contributed by atoms with Gasteiger partial charge in [-0.25, -0.2) is 0 Å². The number of hydrogen-bond acceptors (Lipinski definition) is 4. The van der Waals surface area contributed by atoms with Gasteiger partial charge in [0.15, 0.2) is 5.58 Å². The molecule has 0 N–H and O–H groups in total. The van der Waals surface area contributed by atoms with Gasteiger partial charge in [-0.3, -0.25) is 0 Å². The minimum atomic E-state index is 0.833. The Bertz CT molecular complexity index is 3130. The van der Waals surface area contributed by atoms with Crippen molar-refractivity contribution in [1.29, 1.82) is 0 Å². The quantitative estimate of drug-likeness (QED) is 0.183. The molecule has 0 saturated carbocycles. The lowest BCUT2D eigenvalue weighted by Gasteiger charge is -2.26. The van der Waals surface area contributed by atoms with Crippen molar-refractivity contribution in [3.8, 4) is 22.3 Å². The molecular weight excluding hydrogens is 639 g/mol. The minimum Gasteiger partial charge on any atom is -0.456 e. The number of anilines is 3. The Morgan fingerprint density at radius 2 is 0.865 bits per heavy atom. The average molecular weight is 668 g/mol. The number of benzene rings is 8. The predicted octanol–water partition coefficient (Wildman–Crippen LogP) is 14.2. The van der Waals surface area contributed by atoms with Crippen LogP contribution in [0.5, 0.6) is 0 Å². The largest absolute Gasteiger partial charge is 0.456 e. The van der Waals surface area contributed by atoms with Crippen LogP contribution < -0.4 is 4.90 Å². The molecule has 0 bridgehead atoms. The van der Waals surface area contributed by atoms with Crippen molar-refractivity contribution < 1.29 is 13.3 Å². The van der Waals surface area contributed by atoms with Crippen molar-refractivity contribution in [2.45, 2.75) is 0 Å². The predicted molar refractivity (Wildman–Crippen MR) is 214 cm³/mol. The highest BCUT2D eigenvalue weighted by Gasteiger charge is 2.22. The Labute approximate surface area is 298 Å². The molecule has 0 radical (unpaired) electrons. The Balaban J connectivity index is 1.10. The van der Waals surface area contributed by atoms with E-state index in [1.807, 2.05) is 30.3 Å². The second-order valence-corrected chi connectivity index (χ2v) is 13.3. The van der Waals surface area contributed by atoms with E-state index in [1.54, 1.807) is 0 Å². The first-order valence-electron chi connectivity index (χ1n) is 17.5. The van der Waals surface area contributed by atoms with Crippen molar-refractivity contribution in [3.63, 3.8) is 0 Å². The van der Waals surface area contributed by atoms with Crippen LogP contribution in [0, 0.1) is 0 Å². The molecule has 0 spiro atoms. The van der Waals surface area contributed by atoms with Crippen molar-refractivity contribution >= 4 is 82.9 Å². The fourth-order valence-electron chi connectivity index (χ4n) is 7.82. The molecule has 0 unspecified atom stereocenters. The fourth-order valence-corrected chi connectivity index (χ4v) is 7.82. The van der Waals surface area contributed by atoms with Gasteiger partial charge in [-0.2, -0.15) is 0 Å². The highest BCUT2D eigenvalue weighted by Crippen LogP contribution is 2.45. The summed E-state index contributed by atoms with van der Waals surface area (Å²) in [6.45, 7) is 0. The lowest BCUT2D eigenvalue weighted by Crippen LogP contribution is -2.10. The van der Waals surface area contributed by atoms with Crippen LogP contribution >= 0.6 is 0 Å². The van der Waals surface area contributed by atoms with E-state index in [-0.39, 0.29) is 0 Å². The normalized spacial score (nSPS) is 11.8. The molecule has 0 saturated heterocycles. The van der Waals surface area contributed by atoms with Crippen molar-refractivity contribution in [1.82, 2.24) is 0 Å². The fraction of sp³-hybridized carbons (Fsp3) is 0. The Morgan fingerprint density at radius 3 is 1.62 bits per heavy atom. The first-order valence-corrected chi connectivity index (χ1v) is 17.5. The van der Waals surface area contributed by atoms with Gasteiger partial charge in [0, 0.05) is 49.3 Å². The average Bonchev–Trinajstić information content (AvgIpc) is 3.90. The lowest BCUT2D eigenvalue weighted by atomic mass is 10.0. The second-order valence-electron chi connectivity index (χ2n) is 13.3. The summed E-state index contributed by atoms with van der Waals surface area (Å²) in [7, 11) is 0. The first kappa shape index (κ1) is 28.8. The van der Waals surface area contributed by atoms with E-state index in [0.29, 0.717) is 0 Å². The van der Waals surface area contributed by atoms with Crippen LogP contribution in [-0.2, 0) is 0 Å². The third kappa shape index (κ3) is 4.41. The first-order chi connectivity index (χ1) is 25.8. The van der Waals surface area contributed by atoms with Crippen molar-refractivity contribution in [3.05, 3.63) is 176 Å². The van der Waals surface area contributed by atoms with Crippen LogP contribution in [0.3, 0.4) is 0 Å². The molecule has 3 heterocycles. The van der Waals surface area contributed by atoms with Gasteiger partial charge in [-0.05, 0) is 77.4 Å². The van der Waals surface area contributed by atoms with Gasteiger partial charge in [0.05, 0.1) is 5.69 Å². The SMILES string of the molecule is c1ccc(-c2cccc3c2oc2c(N(c4ccc(-c5ccc6oc7ccccc7c6c5)cc4)c4ccc5oc6ccccc6c5c4)cccc23)cc1. The third-order valence-corrected chi connectivity index (χ3v) is 10.3. The van der Waals surface area contributed by atoms with Gasteiger partial charge in [0.1, 0.15) is 27.9 Å². The van der Waals surface area contributed by atoms with Gasteiger partial charge in [-0.1, -0.05) is 115 Å². The number of hydrogen-bond donors (Lipinski definition) is 0. The molecule has 0 aliphatic carbocycles. The molecule has 8 aromatic carbocycles. The molecule has 0 fully saturated rings. The summed E-state index contributed by atoms with van der Waals surface area (Å²) < 4.78 is 19.3. The molecule has 11 rings (SSSR count). The molecular formula is C48H29NO3. The summed E-state index contributed by atoms with van der Waals surface area (Å²) in [5.74, 6) is 0. The smallest absolute Gasteiger partial charge is 0.159 e. The Hall–Kier alpha value is -7.04. The van der Waals surface area contributed by atoms with Gasteiger partial charge < -0.3 is 18.2 Å². The van der Waals surface area contributed by atoms with E-state index in [2.05, 4.69) is 150 Å². The summed E-state index contributed by atoms with van der Waals surface area (Å²) in [4.78, 5) is 2.30. The Kier molecular flexibility index (Phi) is 6.22. The van der Waals surface area contributed by atoms with Gasteiger partial charge in [0.2, 0.25) is 0 Å². The molecule has 52 heavy (non-hydrogen) atoms. The standard InChI is InChI=1S/C48H29NO3/c1-2-10-31(11-3-1)35-14-8-15-38-39-16-9-17-42(48(39)52-47(35)38)49(34-25-27-46-41(29-34)37-13-5-7-19-44(37)51-46)33-23-20-30(21-24-33)32-22-26-45-40(28-32)36-12-4-6-18-43(36)50-45/h1-29H. The molecule has 244 valence electrons. The zero-order valence-electron chi connectivity index (χ0n) is 27.9. The molecule has 4 heteroatoms. The van der Waals surface area contributed by atoms with Crippen LogP contribution in [0.25, 0.3) is 88.1 Å². The molecule has 0 aliphatic rings. The molecule has 0 atom stereocenters. The van der Waals surface area contributed by atoms with Crippen LogP contribution in [-0.4, -0.2) is 0 Å². The molecule has 4 nitrogen and oxygen atoms in total. The number of para-hydroxylation sites is 4. The van der Waals surface area contributed by atoms with E-state index in [1.165, 1.54) is 0 Å². The summed E-state index contributed by atoms with van der Waals surface area (Å²) in [5, 5.41) is 6.56. The minimum absolute atomic E-state index is 0.833. The van der Waals surface area contributed by atoms with E-state index in [9.17, 15) is 0 Å². The van der Waals surface area contributed by atoms with E-state index >= 15 is 0 Å². The van der Waals surface area contributed by atoms with Crippen LogP contribution in [0.4, 0.5) is 17.1 Å². The maximum Gasteiger partial charge on any atom is 0.159 e. The van der Waals surface area contributed by atoms with Crippen LogP contribution in [0.15, 0.2) is 189 Å². The summed E-state index contributed by atoms with van der Waals surface area (Å²) >= 11 is 0. The lowest BCUT2D eigenvalue weighted by molar-refractivity contribution is 0.668. The molecule has 0 aliphatic heterocycles. The Morgan fingerprint density at radius 1 is 0.308 bits per heavy atom. The highest BCUT2D eigenvalue weighted by molar-refractivity contribution is 6.14. The second kappa shape index (κ2) is 11.2. The molecule has 3 aromatic heterocycles.